The third-order valence-corrected chi connectivity index (χ3v) is 6.51. The van der Waals surface area contributed by atoms with Crippen molar-refractivity contribution in [3.8, 4) is 0 Å². The summed E-state index contributed by atoms with van der Waals surface area (Å²) in [6, 6.07) is 25.8. The van der Waals surface area contributed by atoms with E-state index < -0.39 is 0 Å². The number of ketones is 1. The molecular weight excluding hydrogens is 482 g/mol. The van der Waals surface area contributed by atoms with E-state index in [1.165, 1.54) is 0 Å². The van der Waals surface area contributed by atoms with Gasteiger partial charge in [0, 0.05) is 31.2 Å². The molecular formula is C27H18Cl4O. The van der Waals surface area contributed by atoms with Gasteiger partial charge in [0.05, 0.1) is 0 Å². The van der Waals surface area contributed by atoms with Gasteiger partial charge in [-0.25, -0.2) is 0 Å². The molecule has 0 bridgehead atoms. The molecule has 0 fully saturated rings. The van der Waals surface area contributed by atoms with Crippen molar-refractivity contribution in [2.45, 2.75) is 12.8 Å². The Bertz CT molecular complexity index is 1200. The van der Waals surface area contributed by atoms with Crippen LogP contribution in [0.25, 0.3) is 0 Å². The second kappa shape index (κ2) is 10.1. The molecule has 0 aliphatic carbocycles. The molecule has 160 valence electrons. The summed E-state index contributed by atoms with van der Waals surface area (Å²) in [5.41, 5.74) is 4.65. The second-order valence-corrected chi connectivity index (χ2v) is 9.16. The van der Waals surface area contributed by atoms with Crippen LogP contribution >= 0.6 is 46.4 Å². The highest BCUT2D eigenvalue weighted by Gasteiger charge is 2.19. The SMILES string of the molecule is O=C(c1ccc(Cl)cc1Cc1ccccc1Cl)c1ccc(Cl)cc1Cc1ccccc1Cl. The van der Waals surface area contributed by atoms with Crippen LogP contribution in [0.3, 0.4) is 0 Å². The number of carbonyl (C=O) groups is 1. The zero-order valence-corrected chi connectivity index (χ0v) is 19.9. The fraction of sp³-hybridized carbons (Fsp3) is 0.0741. The van der Waals surface area contributed by atoms with E-state index in [0.717, 1.165) is 22.3 Å². The lowest BCUT2D eigenvalue weighted by molar-refractivity contribution is 0.103. The molecule has 32 heavy (non-hydrogen) atoms. The molecule has 0 spiro atoms. The highest BCUT2D eigenvalue weighted by Crippen LogP contribution is 2.29. The molecule has 0 unspecified atom stereocenters. The van der Waals surface area contributed by atoms with Crippen LogP contribution < -0.4 is 0 Å². The second-order valence-electron chi connectivity index (χ2n) is 7.47. The van der Waals surface area contributed by atoms with Crippen LogP contribution in [-0.4, -0.2) is 5.78 Å². The predicted octanol–water partition coefficient (Wildman–Crippen LogP) is 8.71. The van der Waals surface area contributed by atoms with E-state index in [1.807, 2.05) is 60.7 Å². The third-order valence-electron chi connectivity index (χ3n) is 5.30. The predicted molar refractivity (Wildman–Crippen MR) is 135 cm³/mol. The smallest absolute Gasteiger partial charge is 0.193 e. The number of halogens is 4. The molecule has 4 aromatic carbocycles. The van der Waals surface area contributed by atoms with Gasteiger partial charge < -0.3 is 0 Å². The van der Waals surface area contributed by atoms with Gasteiger partial charge in [0.1, 0.15) is 0 Å². The lowest BCUT2D eigenvalue weighted by Gasteiger charge is -2.14. The van der Waals surface area contributed by atoms with Gasteiger partial charge in [0.25, 0.3) is 0 Å². The van der Waals surface area contributed by atoms with Crippen LogP contribution in [-0.2, 0) is 12.8 Å². The van der Waals surface area contributed by atoms with Crippen molar-refractivity contribution < 1.29 is 4.79 Å². The van der Waals surface area contributed by atoms with E-state index in [0.29, 0.717) is 44.1 Å². The average molecular weight is 500 g/mol. The first-order valence-corrected chi connectivity index (χ1v) is 11.5. The lowest BCUT2D eigenvalue weighted by Crippen LogP contribution is -2.10. The Balaban J connectivity index is 1.76. The zero-order valence-electron chi connectivity index (χ0n) is 16.9. The van der Waals surface area contributed by atoms with Crippen LogP contribution in [0.4, 0.5) is 0 Å². The zero-order chi connectivity index (χ0) is 22.7. The molecule has 0 amide bonds. The Hall–Kier alpha value is -2.29. The van der Waals surface area contributed by atoms with Gasteiger partial charge in [-0.05, 0) is 83.6 Å². The topological polar surface area (TPSA) is 17.1 Å². The number of benzene rings is 4. The summed E-state index contributed by atoms with van der Waals surface area (Å²) in [6.07, 6.45) is 0.990. The van der Waals surface area contributed by atoms with E-state index in [-0.39, 0.29) is 5.78 Å². The molecule has 0 atom stereocenters. The van der Waals surface area contributed by atoms with E-state index in [2.05, 4.69) is 0 Å². The molecule has 4 aromatic rings. The van der Waals surface area contributed by atoms with Crippen molar-refractivity contribution >= 4 is 52.2 Å². The minimum atomic E-state index is -0.0950. The van der Waals surface area contributed by atoms with Gasteiger partial charge in [0.2, 0.25) is 0 Å². The number of hydrogen-bond acceptors (Lipinski definition) is 1. The Kier molecular flexibility index (Phi) is 7.23. The molecule has 5 heteroatoms. The van der Waals surface area contributed by atoms with Gasteiger partial charge in [0.15, 0.2) is 5.78 Å². The van der Waals surface area contributed by atoms with Gasteiger partial charge >= 0.3 is 0 Å². The first-order chi connectivity index (χ1) is 15.4. The Labute approximate surface area is 207 Å². The number of hydrogen-bond donors (Lipinski definition) is 0. The molecule has 0 heterocycles. The van der Waals surface area contributed by atoms with E-state index >= 15 is 0 Å². The Morgan fingerprint density at radius 3 is 1.34 bits per heavy atom. The van der Waals surface area contributed by atoms with E-state index in [9.17, 15) is 4.79 Å². The summed E-state index contributed by atoms with van der Waals surface area (Å²) in [5.74, 6) is -0.0950. The van der Waals surface area contributed by atoms with Crippen LogP contribution in [0.1, 0.15) is 38.2 Å². The first-order valence-electron chi connectivity index (χ1n) is 10.0. The summed E-state index contributed by atoms with van der Waals surface area (Å²) in [5, 5.41) is 2.43. The molecule has 4 rings (SSSR count). The summed E-state index contributed by atoms with van der Waals surface area (Å²) < 4.78 is 0. The summed E-state index contributed by atoms with van der Waals surface area (Å²) in [7, 11) is 0. The van der Waals surface area contributed by atoms with E-state index in [1.54, 1.807) is 24.3 Å². The van der Waals surface area contributed by atoms with Crippen LogP contribution in [0.2, 0.25) is 20.1 Å². The molecule has 0 aliphatic heterocycles. The molecule has 0 saturated carbocycles. The molecule has 0 saturated heterocycles. The average Bonchev–Trinajstić information content (AvgIpc) is 2.77. The lowest BCUT2D eigenvalue weighted by atomic mass is 9.90. The molecule has 0 N–H and O–H groups in total. The van der Waals surface area contributed by atoms with Gasteiger partial charge in [-0.3, -0.25) is 4.79 Å². The molecule has 0 aliphatic rings. The van der Waals surface area contributed by atoms with Crippen molar-refractivity contribution in [2.24, 2.45) is 0 Å². The normalized spacial score (nSPS) is 10.9. The fourth-order valence-electron chi connectivity index (χ4n) is 3.70. The van der Waals surface area contributed by atoms with Gasteiger partial charge in [-0.1, -0.05) is 82.8 Å². The van der Waals surface area contributed by atoms with Crippen molar-refractivity contribution in [1.29, 1.82) is 0 Å². The maximum absolute atomic E-state index is 13.7. The third kappa shape index (κ3) is 5.19. The summed E-state index contributed by atoms with van der Waals surface area (Å²) in [4.78, 5) is 13.7. The Morgan fingerprint density at radius 1 is 0.531 bits per heavy atom. The van der Waals surface area contributed by atoms with Crippen molar-refractivity contribution in [1.82, 2.24) is 0 Å². The monoisotopic (exact) mass is 498 g/mol. The van der Waals surface area contributed by atoms with Gasteiger partial charge in [-0.15, -0.1) is 0 Å². The highest BCUT2D eigenvalue weighted by atomic mass is 35.5. The molecule has 1 nitrogen and oxygen atoms in total. The Morgan fingerprint density at radius 2 is 0.938 bits per heavy atom. The highest BCUT2D eigenvalue weighted by molar-refractivity contribution is 6.32. The first kappa shape index (κ1) is 22.9. The van der Waals surface area contributed by atoms with Crippen LogP contribution in [0, 0.1) is 0 Å². The fourth-order valence-corrected chi connectivity index (χ4v) is 4.49. The maximum Gasteiger partial charge on any atom is 0.193 e. The minimum Gasteiger partial charge on any atom is -0.289 e. The van der Waals surface area contributed by atoms with Crippen molar-refractivity contribution in [2.75, 3.05) is 0 Å². The van der Waals surface area contributed by atoms with Crippen LogP contribution in [0.5, 0.6) is 0 Å². The van der Waals surface area contributed by atoms with Crippen LogP contribution in [0.15, 0.2) is 84.9 Å². The number of rotatable bonds is 6. The molecule has 0 aromatic heterocycles. The summed E-state index contributed by atoms with van der Waals surface area (Å²) in [6.45, 7) is 0. The maximum atomic E-state index is 13.7. The largest absolute Gasteiger partial charge is 0.289 e. The summed E-state index contributed by atoms with van der Waals surface area (Å²) >= 11 is 25.3. The molecule has 0 radical (unpaired) electrons. The minimum absolute atomic E-state index is 0.0950. The van der Waals surface area contributed by atoms with Crippen molar-refractivity contribution in [3.63, 3.8) is 0 Å². The standard InChI is InChI=1S/C27H18Cl4O/c28-21-9-11-23(19(15-21)13-17-5-1-3-7-25(17)30)27(32)24-12-10-22(29)16-20(24)14-18-6-2-4-8-26(18)31/h1-12,15-16H,13-14H2. The van der Waals surface area contributed by atoms with E-state index in [4.69, 9.17) is 46.4 Å². The van der Waals surface area contributed by atoms with Gasteiger partial charge in [-0.2, -0.15) is 0 Å². The number of carbonyl (C=O) groups excluding carboxylic acids is 1. The van der Waals surface area contributed by atoms with Crippen molar-refractivity contribution in [3.05, 3.63) is 138 Å². The quantitative estimate of drug-likeness (QED) is 0.242.